The Balaban J connectivity index is 1.87. The van der Waals surface area contributed by atoms with Crippen LogP contribution in [0.2, 0.25) is 0 Å². The molecule has 0 saturated heterocycles. The highest BCUT2D eigenvalue weighted by Gasteiger charge is 2.26. The molecule has 0 aliphatic heterocycles. The second-order valence-electron chi connectivity index (χ2n) is 5.05. The van der Waals surface area contributed by atoms with Crippen LogP contribution in [0.15, 0.2) is 18.3 Å². The molecule has 1 fully saturated rings. The van der Waals surface area contributed by atoms with E-state index in [1.54, 1.807) is 6.20 Å². The van der Waals surface area contributed by atoms with Crippen molar-refractivity contribution in [2.45, 2.75) is 45.2 Å². The van der Waals surface area contributed by atoms with Crippen molar-refractivity contribution in [3.63, 3.8) is 0 Å². The van der Waals surface area contributed by atoms with Gasteiger partial charge in [0.05, 0.1) is 11.6 Å². The van der Waals surface area contributed by atoms with Gasteiger partial charge in [-0.25, -0.2) is 0 Å². The minimum absolute atomic E-state index is 0.180. The van der Waals surface area contributed by atoms with Gasteiger partial charge in [-0.05, 0) is 37.8 Å². The summed E-state index contributed by atoms with van der Waals surface area (Å²) in [5.74, 6) is -0.836. The molecule has 0 bridgehead atoms. The fourth-order valence-electron chi connectivity index (χ4n) is 2.54. The van der Waals surface area contributed by atoms with Gasteiger partial charge in [-0.15, -0.1) is 0 Å². The van der Waals surface area contributed by atoms with E-state index in [2.05, 4.69) is 10.3 Å². The molecule has 1 aromatic heterocycles. The molecular formula is C14H20N2O2. The lowest BCUT2D eigenvalue weighted by Gasteiger charge is -2.27. The summed E-state index contributed by atoms with van der Waals surface area (Å²) in [6.07, 6.45) is 5.41. The molecule has 4 nitrogen and oxygen atoms in total. The fraction of sp³-hybridized carbons (Fsp3) is 0.571. The third kappa shape index (κ3) is 3.29. The quantitative estimate of drug-likeness (QED) is 0.856. The average Bonchev–Trinajstić information content (AvgIpc) is 2.38. The standard InChI is InChI=1S/C14H20N2O2/c1-10-4-3-7-15-13(10)9-16-12-6-2-5-11(8-12)14(17)18/h3-4,7,11-12,16H,2,5-6,8-9H2,1H3,(H,17,18). The molecule has 2 unspecified atom stereocenters. The maximum absolute atomic E-state index is 11.0. The van der Waals surface area contributed by atoms with E-state index in [-0.39, 0.29) is 5.92 Å². The topological polar surface area (TPSA) is 62.2 Å². The normalized spacial score (nSPS) is 23.8. The molecule has 18 heavy (non-hydrogen) atoms. The fourth-order valence-corrected chi connectivity index (χ4v) is 2.54. The Kier molecular flexibility index (Phi) is 4.31. The summed E-state index contributed by atoms with van der Waals surface area (Å²) >= 11 is 0. The zero-order valence-corrected chi connectivity index (χ0v) is 10.7. The van der Waals surface area contributed by atoms with E-state index < -0.39 is 5.97 Å². The van der Waals surface area contributed by atoms with Crippen molar-refractivity contribution in [2.24, 2.45) is 5.92 Å². The molecule has 2 rings (SSSR count). The highest BCUT2D eigenvalue weighted by molar-refractivity contribution is 5.70. The molecule has 1 aromatic rings. The number of aliphatic carboxylic acids is 1. The monoisotopic (exact) mass is 248 g/mol. The Morgan fingerprint density at radius 1 is 1.56 bits per heavy atom. The number of hydrogen-bond donors (Lipinski definition) is 2. The molecule has 0 radical (unpaired) electrons. The first kappa shape index (κ1) is 13.0. The van der Waals surface area contributed by atoms with Crippen molar-refractivity contribution >= 4 is 5.97 Å². The second kappa shape index (κ2) is 5.96. The van der Waals surface area contributed by atoms with Crippen LogP contribution in [-0.4, -0.2) is 22.1 Å². The predicted molar refractivity (Wildman–Crippen MR) is 69.2 cm³/mol. The first-order valence-electron chi connectivity index (χ1n) is 6.53. The van der Waals surface area contributed by atoms with Crippen molar-refractivity contribution in [2.75, 3.05) is 0 Å². The number of nitrogens with zero attached hydrogens (tertiary/aromatic N) is 1. The van der Waals surface area contributed by atoms with Crippen LogP contribution in [0.5, 0.6) is 0 Å². The van der Waals surface area contributed by atoms with Crippen LogP contribution in [-0.2, 0) is 11.3 Å². The predicted octanol–water partition coefficient (Wildman–Crippen LogP) is 2.12. The van der Waals surface area contributed by atoms with Crippen LogP contribution in [0.1, 0.15) is 36.9 Å². The van der Waals surface area contributed by atoms with Crippen LogP contribution in [0.4, 0.5) is 0 Å². The minimum Gasteiger partial charge on any atom is -0.481 e. The van der Waals surface area contributed by atoms with Gasteiger partial charge in [0.1, 0.15) is 0 Å². The summed E-state index contributed by atoms with van der Waals surface area (Å²) in [4.78, 5) is 15.3. The molecule has 0 spiro atoms. The number of carboxylic acids is 1. The van der Waals surface area contributed by atoms with E-state index >= 15 is 0 Å². The molecule has 1 aliphatic carbocycles. The first-order chi connectivity index (χ1) is 8.66. The summed E-state index contributed by atoms with van der Waals surface area (Å²) in [5.41, 5.74) is 2.23. The molecule has 1 saturated carbocycles. The Bertz CT molecular complexity index is 420. The lowest BCUT2D eigenvalue weighted by atomic mass is 9.86. The van der Waals surface area contributed by atoms with Gasteiger partial charge >= 0.3 is 5.97 Å². The van der Waals surface area contributed by atoms with Crippen LogP contribution < -0.4 is 5.32 Å². The number of aromatic nitrogens is 1. The molecular weight excluding hydrogens is 228 g/mol. The molecule has 98 valence electrons. The maximum atomic E-state index is 11.0. The molecule has 2 atom stereocenters. The van der Waals surface area contributed by atoms with Crippen molar-refractivity contribution in [1.29, 1.82) is 0 Å². The smallest absolute Gasteiger partial charge is 0.306 e. The molecule has 0 amide bonds. The van der Waals surface area contributed by atoms with Gasteiger partial charge in [0.15, 0.2) is 0 Å². The number of aryl methyl sites for hydroxylation is 1. The van der Waals surface area contributed by atoms with Gasteiger partial charge in [0, 0.05) is 18.8 Å². The highest BCUT2D eigenvalue weighted by Crippen LogP contribution is 2.24. The van der Waals surface area contributed by atoms with Gasteiger partial charge in [-0.2, -0.15) is 0 Å². The molecule has 1 heterocycles. The maximum Gasteiger partial charge on any atom is 0.306 e. The zero-order valence-electron chi connectivity index (χ0n) is 10.7. The Hall–Kier alpha value is -1.42. The van der Waals surface area contributed by atoms with E-state index in [0.717, 1.165) is 37.9 Å². The number of rotatable bonds is 4. The van der Waals surface area contributed by atoms with E-state index in [1.807, 2.05) is 19.1 Å². The number of hydrogen-bond acceptors (Lipinski definition) is 3. The number of nitrogens with one attached hydrogen (secondary N) is 1. The van der Waals surface area contributed by atoms with Gasteiger partial charge in [0.2, 0.25) is 0 Å². The van der Waals surface area contributed by atoms with E-state index in [4.69, 9.17) is 5.11 Å². The van der Waals surface area contributed by atoms with Crippen LogP contribution >= 0.6 is 0 Å². The molecule has 1 aliphatic rings. The molecule has 0 aromatic carbocycles. The Morgan fingerprint density at radius 2 is 2.39 bits per heavy atom. The molecule has 2 N–H and O–H groups in total. The number of pyridine rings is 1. The van der Waals surface area contributed by atoms with Gasteiger partial charge < -0.3 is 10.4 Å². The third-order valence-corrected chi connectivity index (χ3v) is 3.70. The summed E-state index contributed by atoms with van der Waals surface area (Å²) in [6, 6.07) is 4.28. The van der Waals surface area contributed by atoms with Crippen LogP contribution in [0, 0.1) is 12.8 Å². The first-order valence-corrected chi connectivity index (χ1v) is 6.53. The van der Waals surface area contributed by atoms with Crippen molar-refractivity contribution in [3.8, 4) is 0 Å². The second-order valence-corrected chi connectivity index (χ2v) is 5.05. The zero-order chi connectivity index (χ0) is 13.0. The third-order valence-electron chi connectivity index (χ3n) is 3.70. The lowest BCUT2D eigenvalue weighted by molar-refractivity contribution is -0.143. The SMILES string of the molecule is Cc1cccnc1CNC1CCCC(C(=O)O)C1. The lowest BCUT2D eigenvalue weighted by Crippen LogP contribution is -2.36. The number of carbonyl (C=O) groups is 1. The van der Waals surface area contributed by atoms with Gasteiger partial charge in [-0.1, -0.05) is 12.5 Å². The summed E-state index contributed by atoms with van der Waals surface area (Å²) in [5, 5.41) is 12.5. The van der Waals surface area contributed by atoms with Crippen molar-refractivity contribution in [1.82, 2.24) is 10.3 Å². The minimum atomic E-state index is -0.657. The van der Waals surface area contributed by atoms with E-state index in [0.29, 0.717) is 6.04 Å². The van der Waals surface area contributed by atoms with E-state index in [1.165, 1.54) is 5.56 Å². The van der Waals surface area contributed by atoms with Crippen molar-refractivity contribution < 1.29 is 9.90 Å². The largest absolute Gasteiger partial charge is 0.481 e. The average molecular weight is 248 g/mol. The summed E-state index contributed by atoms with van der Waals surface area (Å²) in [6.45, 7) is 2.77. The van der Waals surface area contributed by atoms with Crippen molar-refractivity contribution in [3.05, 3.63) is 29.6 Å². The van der Waals surface area contributed by atoms with Crippen LogP contribution in [0.25, 0.3) is 0 Å². The van der Waals surface area contributed by atoms with E-state index in [9.17, 15) is 4.79 Å². The Labute approximate surface area is 107 Å². The number of carboxylic acid groups (broad SMARTS) is 1. The van der Waals surface area contributed by atoms with Crippen LogP contribution in [0.3, 0.4) is 0 Å². The van der Waals surface area contributed by atoms with Gasteiger partial charge in [0.25, 0.3) is 0 Å². The summed E-state index contributed by atoms with van der Waals surface area (Å²) in [7, 11) is 0. The summed E-state index contributed by atoms with van der Waals surface area (Å²) < 4.78 is 0. The Morgan fingerprint density at radius 3 is 3.11 bits per heavy atom. The highest BCUT2D eigenvalue weighted by atomic mass is 16.4. The van der Waals surface area contributed by atoms with Gasteiger partial charge in [-0.3, -0.25) is 9.78 Å². The molecule has 4 heteroatoms.